The number of carbonyl (C=O) groups excluding carboxylic acids is 2. The average molecular weight is 357 g/mol. The summed E-state index contributed by atoms with van der Waals surface area (Å²) in [7, 11) is 0. The smallest absolute Gasteiger partial charge is 0.334 e. The Kier molecular flexibility index (Phi) is 5.09. The first-order valence-electron chi connectivity index (χ1n) is 8.00. The second-order valence-electron chi connectivity index (χ2n) is 5.83. The molecule has 7 heteroatoms. The van der Waals surface area contributed by atoms with Gasteiger partial charge >= 0.3 is 5.97 Å². The molecule has 1 aliphatic heterocycles. The Morgan fingerprint density at radius 3 is 2.35 bits per heavy atom. The molecule has 0 radical (unpaired) electrons. The molecule has 0 bridgehead atoms. The van der Waals surface area contributed by atoms with E-state index in [0.717, 1.165) is 0 Å². The summed E-state index contributed by atoms with van der Waals surface area (Å²) in [6.45, 7) is 0.256. The number of hydrogen-bond donors (Lipinski definition) is 1. The third-order valence-electron chi connectivity index (χ3n) is 4.14. The Morgan fingerprint density at radius 1 is 1.04 bits per heavy atom. The predicted octanol–water partition coefficient (Wildman–Crippen LogP) is 1.98. The number of aliphatic carboxylic acids is 1. The highest BCUT2D eigenvalue weighted by molar-refractivity contribution is 6.15. The number of ether oxygens (including phenoxy) is 1. The molecular formula is C19H16FNO5. The number of carbonyl (C=O) groups is 3. The van der Waals surface area contributed by atoms with Crippen molar-refractivity contribution in [2.24, 2.45) is 0 Å². The van der Waals surface area contributed by atoms with Crippen LogP contribution in [0.15, 0.2) is 48.5 Å². The van der Waals surface area contributed by atoms with Crippen LogP contribution in [0.25, 0.3) is 0 Å². The molecule has 134 valence electrons. The van der Waals surface area contributed by atoms with Crippen LogP contribution in [0.2, 0.25) is 0 Å². The molecular weight excluding hydrogens is 341 g/mol. The number of benzene rings is 2. The van der Waals surface area contributed by atoms with Crippen LogP contribution < -0.4 is 0 Å². The van der Waals surface area contributed by atoms with Crippen molar-refractivity contribution >= 4 is 17.7 Å². The van der Waals surface area contributed by atoms with Crippen LogP contribution >= 0.6 is 0 Å². The van der Waals surface area contributed by atoms with Crippen molar-refractivity contribution in [1.29, 1.82) is 0 Å². The normalized spacial score (nSPS) is 17.0. The van der Waals surface area contributed by atoms with E-state index in [4.69, 9.17) is 9.84 Å². The van der Waals surface area contributed by atoms with Crippen LogP contribution in [0.1, 0.15) is 26.3 Å². The maximum atomic E-state index is 13.1. The van der Waals surface area contributed by atoms with E-state index in [1.807, 2.05) is 0 Å². The van der Waals surface area contributed by atoms with Crippen LogP contribution in [-0.4, -0.2) is 53.5 Å². The quantitative estimate of drug-likeness (QED) is 0.846. The molecule has 1 amide bonds. The summed E-state index contributed by atoms with van der Waals surface area (Å²) in [5.74, 6) is -2.44. The van der Waals surface area contributed by atoms with Crippen molar-refractivity contribution in [1.82, 2.24) is 4.90 Å². The predicted molar refractivity (Wildman–Crippen MR) is 89.6 cm³/mol. The van der Waals surface area contributed by atoms with Crippen LogP contribution in [0.3, 0.4) is 0 Å². The molecule has 3 rings (SSSR count). The van der Waals surface area contributed by atoms with Crippen LogP contribution in [0, 0.1) is 5.82 Å². The van der Waals surface area contributed by atoms with Gasteiger partial charge < -0.3 is 14.7 Å². The zero-order valence-corrected chi connectivity index (χ0v) is 13.7. The second kappa shape index (κ2) is 7.45. The van der Waals surface area contributed by atoms with Gasteiger partial charge in [0.2, 0.25) is 0 Å². The summed E-state index contributed by atoms with van der Waals surface area (Å²) in [6, 6.07) is 11.4. The largest absolute Gasteiger partial charge is 0.479 e. The van der Waals surface area contributed by atoms with Gasteiger partial charge in [0.1, 0.15) is 5.82 Å². The van der Waals surface area contributed by atoms with E-state index in [1.54, 1.807) is 12.1 Å². The van der Waals surface area contributed by atoms with Gasteiger partial charge in [0.05, 0.1) is 18.7 Å². The zero-order valence-electron chi connectivity index (χ0n) is 13.7. The van der Waals surface area contributed by atoms with Gasteiger partial charge in [-0.25, -0.2) is 9.18 Å². The monoisotopic (exact) mass is 357 g/mol. The molecule has 1 N–H and O–H groups in total. The number of amides is 1. The number of halogens is 1. The topological polar surface area (TPSA) is 83.9 Å². The van der Waals surface area contributed by atoms with E-state index in [1.165, 1.54) is 41.3 Å². The van der Waals surface area contributed by atoms with Gasteiger partial charge in [-0.3, -0.25) is 9.59 Å². The standard InChI is InChI=1S/C19H16FNO5/c20-13-7-5-12(6-8-13)17(22)14-3-1-2-4-15(14)18(23)21-9-10-26-16(11-21)19(24)25/h1-8,16H,9-11H2,(H,24,25)/t16-/m0/s1. The minimum Gasteiger partial charge on any atom is -0.479 e. The summed E-state index contributed by atoms with van der Waals surface area (Å²) >= 11 is 0. The molecule has 1 fully saturated rings. The molecule has 1 aliphatic rings. The third kappa shape index (κ3) is 3.62. The minimum atomic E-state index is -1.14. The first kappa shape index (κ1) is 17.8. The van der Waals surface area contributed by atoms with Crippen LogP contribution in [-0.2, 0) is 9.53 Å². The number of rotatable bonds is 4. The maximum absolute atomic E-state index is 13.1. The van der Waals surface area contributed by atoms with Crippen molar-refractivity contribution in [2.75, 3.05) is 19.7 Å². The molecule has 2 aromatic carbocycles. The fourth-order valence-corrected chi connectivity index (χ4v) is 2.78. The van der Waals surface area contributed by atoms with E-state index in [2.05, 4.69) is 0 Å². The lowest BCUT2D eigenvalue weighted by molar-refractivity contribution is -0.154. The van der Waals surface area contributed by atoms with E-state index in [9.17, 15) is 18.8 Å². The molecule has 26 heavy (non-hydrogen) atoms. The van der Waals surface area contributed by atoms with Gasteiger partial charge in [0.25, 0.3) is 5.91 Å². The number of carboxylic acids is 1. The lowest BCUT2D eigenvalue weighted by atomic mass is 9.97. The maximum Gasteiger partial charge on any atom is 0.334 e. The number of hydrogen-bond acceptors (Lipinski definition) is 4. The minimum absolute atomic E-state index is 0.0900. The Morgan fingerprint density at radius 2 is 1.69 bits per heavy atom. The summed E-state index contributed by atoms with van der Waals surface area (Å²) in [4.78, 5) is 38.0. The SMILES string of the molecule is O=C(c1ccc(F)cc1)c1ccccc1C(=O)N1CCO[C@H](C(=O)O)C1. The number of morpholine rings is 1. The number of carboxylic acid groups (broad SMARTS) is 1. The van der Waals surface area contributed by atoms with E-state index in [-0.39, 0.29) is 36.4 Å². The molecule has 0 unspecified atom stereocenters. The van der Waals surface area contributed by atoms with Crippen LogP contribution in [0.4, 0.5) is 4.39 Å². The van der Waals surface area contributed by atoms with E-state index in [0.29, 0.717) is 0 Å². The molecule has 0 aliphatic carbocycles. The van der Waals surface area contributed by atoms with Gasteiger partial charge in [0.15, 0.2) is 11.9 Å². The fraction of sp³-hybridized carbons (Fsp3) is 0.211. The molecule has 1 atom stereocenters. The highest BCUT2D eigenvalue weighted by Gasteiger charge is 2.31. The Balaban J connectivity index is 1.89. The molecule has 6 nitrogen and oxygen atoms in total. The fourth-order valence-electron chi connectivity index (χ4n) is 2.78. The van der Waals surface area contributed by atoms with Gasteiger partial charge in [-0.2, -0.15) is 0 Å². The van der Waals surface area contributed by atoms with Crippen molar-refractivity contribution in [3.63, 3.8) is 0 Å². The van der Waals surface area contributed by atoms with Crippen LogP contribution in [0.5, 0.6) is 0 Å². The third-order valence-corrected chi connectivity index (χ3v) is 4.14. The van der Waals surface area contributed by atoms with Gasteiger partial charge in [-0.15, -0.1) is 0 Å². The van der Waals surface area contributed by atoms with E-state index < -0.39 is 29.6 Å². The summed E-state index contributed by atoms with van der Waals surface area (Å²) < 4.78 is 18.2. The summed E-state index contributed by atoms with van der Waals surface area (Å²) in [5.41, 5.74) is 0.618. The lowest BCUT2D eigenvalue weighted by Gasteiger charge is -2.31. The average Bonchev–Trinajstić information content (AvgIpc) is 2.67. The summed E-state index contributed by atoms with van der Waals surface area (Å²) in [5, 5.41) is 9.07. The Bertz CT molecular complexity index is 849. The van der Waals surface area contributed by atoms with E-state index >= 15 is 0 Å². The van der Waals surface area contributed by atoms with Crippen molar-refractivity contribution in [3.8, 4) is 0 Å². The van der Waals surface area contributed by atoms with Gasteiger partial charge in [-0.1, -0.05) is 18.2 Å². The first-order chi connectivity index (χ1) is 12.5. The lowest BCUT2D eigenvalue weighted by Crippen LogP contribution is -2.48. The number of ketones is 1. The highest BCUT2D eigenvalue weighted by atomic mass is 19.1. The highest BCUT2D eigenvalue weighted by Crippen LogP contribution is 2.19. The first-order valence-corrected chi connectivity index (χ1v) is 8.00. The molecule has 2 aromatic rings. The molecule has 1 heterocycles. The number of nitrogens with zero attached hydrogens (tertiary/aromatic N) is 1. The second-order valence-corrected chi connectivity index (χ2v) is 5.83. The van der Waals surface area contributed by atoms with Gasteiger partial charge in [0, 0.05) is 17.7 Å². The molecule has 0 aromatic heterocycles. The molecule has 1 saturated heterocycles. The van der Waals surface area contributed by atoms with Crippen molar-refractivity contribution < 1.29 is 28.6 Å². The van der Waals surface area contributed by atoms with Gasteiger partial charge in [-0.05, 0) is 30.3 Å². The Labute approximate surface area is 148 Å². The van der Waals surface area contributed by atoms with Crippen molar-refractivity contribution in [3.05, 3.63) is 71.0 Å². The Hall–Kier alpha value is -3.06. The molecule has 0 spiro atoms. The van der Waals surface area contributed by atoms with Crippen molar-refractivity contribution in [2.45, 2.75) is 6.10 Å². The summed E-state index contributed by atoms with van der Waals surface area (Å²) in [6.07, 6.45) is -1.09. The zero-order chi connectivity index (χ0) is 18.7. The molecule has 0 saturated carbocycles.